The number of rotatable bonds is 15. The molecule has 1 aromatic carbocycles. The lowest BCUT2D eigenvalue weighted by atomic mass is 9.98. The Morgan fingerprint density at radius 1 is 0.829 bits per heavy atom. The average Bonchev–Trinajstić information content (AvgIpc) is 3.66. The Morgan fingerprint density at radius 3 is 1.76 bits per heavy atom. The van der Waals surface area contributed by atoms with Crippen molar-refractivity contribution in [3.8, 4) is 5.75 Å². The Balaban J connectivity index is 1.80. The third-order valence-electron chi connectivity index (χ3n) is 6.77. The molecule has 5 unspecified atom stereocenters. The summed E-state index contributed by atoms with van der Waals surface area (Å²) in [5.41, 5.74) is 7.74. The normalized spacial score (nSPS) is 14.7. The molecule has 14 heteroatoms. The Morgan fingerprint density at radius 2 is 1.32 bits per heavy atom. The summed E-state index contributed by atoms with van der Waals surface area (Å²) in [4.78, 5) is 65.4. The molecule has 0 aliphatic rings. The van der Waals surface area contributed by atoms with Crippen molar-refractivity contribution in [2.75, 3.05) is 0 Å². The van der Waals surface area contributed by atoms with Crippen LogP contribution in [-0.4, -0.2) is 78.0 Å². The number of hydrogen-bond donors (Lipinski definition) is 8. The summed E-state index contributed by atoms with van der Waals surface area (Å²) < 4.78 is 0. The highest BCUT2D eigenvalue weighted by atomic mass is 16.4. The maximum Gasteiger partial charge on any atom is 0.326 e. The number of hydrogen-bond acceptors (Lipinski definition) is 8. The standard InChI is InChI=1S/C27H36N8O6/c1-3-15(2)23(28)26(39)34-21(10-18-12-30-14-32-18)24(37)33-20(9-17-11-29-13-31-17)25(38)35-22(27(40)41)8-16-4-6-19(36)7-5-16/h4-7,11-15,20-23,36H,3,8-10,28H2,1-2H3,(H,29,31)(H,30,32)(H,33,37)(H,34,39)(H,35,38)(H,40,41). The number of imidazole rings is 2. The molecule has 2 aromatic heterocycles. The van der Waals surface area contributed by atoms with Crippen molar-refractivity contribution in [2.45, 2.75) is 63.7 Å². The van der Waals surface area contributed by atoms with Crippen molar-refractivity contribution in [1.82, 2.24) is 35.9 Å². The van der Waals surface area contributed by atoms with E-state index in [4.69, 9.17) is 5.73 Å². The predicted octanol–water partition coefficient (Wildman–Crippen LogP) is -0.221. The molecule has 220 valence electrons. The van der Waals surface area contributed by atoms with Gasteiger partial charge in [-0.2, -0.15) is 0 Å². The molecule has 0 fully saturated rings. The number of phenols is 1. The molecule has 3 aromatic rings. The first-order valence-electron chi connectivity index (χ1n) is 13.2. The van der Waals surface area contributed by atoms with E-state index in [0.29, 0.717) is 23.4 Å². The molecular weight excluding hydrogens is 532 g/mol. The first-order valence-corrected chi connectivity index (χ1v) is 13.2. The first kappa shape index (κ1) is 30.8. The highest BCUT2D eigenvalue weighted by Gasteiger charge is 2.32. The zero-order valence-electron chi connectivity index (χ0n) is 22.8. The highest BCUT2D eigenvalue weighted by Crippen LogP contribution is 2.12. The summed E-state index contributed by atoms with van der Waals surface area (Å²) >= 11 is 0. The van der Waals surface area contributed by atoms with Gasteiger partial charge in [-0.25, -0.2) is 14.8 Å². The molecule has 0 bridgehead atoms. The van der Waals surface area contributed by atoms with Crippen molar-refractivity contribution >= 4 is 23.7 Å². The number of H-pyrrole nitrogens is 2. The van der Waals surface area contributed by atoms with E-state index in [0.717, 1.165) is 0 Å². The van der Waals surface area contributed by atoms with E-state index in [2.05, 4.69) is 35.9 Å². The summed E-state index contributed by atoms with van der Waals surface area (Å²) in [6, 6.07) is 1.44. The van der Waals surface area contributed by atoms with Gasteiger partial charge in [0.1, 0.15) is 23.9 Å². The highest BCUT2D eigenvalue weighted by molar-refractivity contribution is 5.94. The quantitative estimate of drug-likeness (QED) is 0.121. The number of phenolic OH excluding ortho intramolecular Hbond substituents is 1. The number of carboxylic acid groups (broad SMARTS) is 1. The first-order chi connectivity index (χ1) is 19.6. The smallest absolute Gasteiger partial charge is 0.326 e. The second-order valence-corrected chi connectivity index (χ2v) is 9.87. The molecule has 0 aliphatic carbocycles. The number of nitrogens with two attached hydrogens (primary N) is 1. The van der Waals surface area contributed by atoms with Crippen LogP contribution in [0.2, 0.25) is 0 Å². The number of carbonyl (C=O) groups is 4. The zero-order valence-corrected chi connectivity index (χ0v) is 22.8. The van der Waals surface area contributed by atoms with Crippen LogP contribution in [0.15, 0.2) is 49.3 Å². The SMILES string of the molecule is CCC(C)C(N)C(=O)NC(Cc1cnc[nH]1)C(=O)NC(Cc1cnc[nH]1)C(=O)NC(Cc1ccc(O)cc1)C(=O)O. The van der Waals surface area contributed by atoms with Gasteiger partial charge in [0.25, 0.3) is 0 Å². The van der Waals surface area contributed by atoms with Crippen LogP contribution < -0.4 is 21.7 Å². The molecule has 14 nitrogen and oxygen atoms in total. The van der Waals surface area contributed by atoms with Crippen LogP contribution >= 0.6 is 0 Å². The lowest BCUT2D eigenvalue weighted by molar-refractivity contribution is -0.142. The van der Waals surface area contributed by atoms with Gasteiger partial charge in [0.05, 0.1) is 18.7 Å². The fourth-order valence-corrected chi connectivity index (χ4v) is 4.04. The summed E-state index contributed by atoms with van der Waals surface area (Å²) in [5.74, 6) is -3.33. The molecule has 3 rings (SSSR count). The molecule has 9 N–H and O–H groups in total. The minimum atomic E-state index is -1.32. The van der Waals surface area contributed by atoms with Crippen LogP contribution in [-0.2, 0) is 38.4 Å². The zero-order chi connectivity index (χ0) is 29.9. The molecule has 2 heterocycles. The fourth-order valence-electron chi connectivity index (χ4n) is 4.04. The lowest BCUT2D eigenvalue weighted by Gasteiger charge is -2.26. The van der Waals surface area contributed by atoms with Crippen molar-refractivity contribution in [3.05, 3.63) is 66.3 Å². The number of carbonyl (C=O) groups excluding carboxylic acids is 3. The molecule has 0 spiro atoms. The van der Waals surface area contributed by atoms with Gasteiger partial charge in [-0.15, -0.1) is 0 Å². The summed E-state index contributed by atoms with van der Waals surface area (Å²) in [7, 11) is 0. The van der Waals surface area contributed by atoms with Crippen LogP contribution in [0, 0.1) is 5.92 Å². The van der Waals surface area contributed by atoms with Crippen LogP contribution in [0.4, 0.5) is 0 Å². The number of aromatic amines is 2. The van der Waals surface area contributed by atoms with Gasteiger partial charge in [-0.05, 0) is 23.6 Å². The number of nitrogens with one attached hydrogen (secondary N) is 5. The minimum absolute atomic E-state index is 0.0221. The minimum Gasteiger partial charge on any atom is -0.508 e. The molecule has 5 atom stereocenters. The van der Waals surface area contributed by atoms with E-state index in [9.17, 15) is 29.4 Å². The van der Waals surface area contributed by atoms with Gasteiger partial charge >= 0.3 is 5.97 Å². The Kier molecular flexibility index (Phi) is 11.0. The monoisotopic (exact) mass is 568 g/mol. The molecule has 41 heavy (non-hydrogen) atoms. The number of aliphatic carboxylic acids is 1. The Hall–Kier alpha value is -4.72. The summed E-state index contributed by atoms with van der Waals surface area (Å²) in [6.45, 7) is 3.73. The van der Waals surface area contributed by atoms with Crippen molar-refractivity contribution in [2.24, 2.45) is 11.7 Å². The van der Waals surface area contributed by atoms with Crippen LogP contribution in [0.3, 0.4) is 0 Å². The van der Waals surface area contributed by atoms with Crippen LogP contribution in [0.5, 0.6) is 5.75 Å². The third-order valence-corrected chi connectivity index (χ3v) is 6.77. The molecule has 3 amide bonds. The number of benzene rings is 1. The van der Waals surface area contributed by atoms with Gasteiger partial charge < -0.3 is 41.9 Å². The lowest BCUT2D eigenvalue weighted by Crippen LogP contribution is -2.58. The van der Waals surface area contributed by atoms with Crippen molar-refractivity contribution in [1.29, 1.82) is 0 Å². The molecular formula is C27H36N8O6. The maximum atomic E-state index is 13.5. The largest absolute Gasteiger partial charge is 0.508 e. The molecule has 0 radical (unpaired) electrons. The van der Waals surface area contributed by atoms with Crippen LogP contribution in [0.25, 0.3) is 0 Å². The van der Waals surface area contributed by atoms with Crippen molar-refractivity contribution in [3.63, 3.8) is 0 Å². The molecule has 0 aliphatic heterocycles. The van der Waals surface area contributed by atoms with Crippen molar-refractivity contribution < 1.29 is 29.4 Å². The summed E-state index contributed by atoms with van der Waals surface area (Å²) in [5, 5.41) is 27.1. The molecule has 0 saturated carbocycles. The number of aromatic hydroxyl groups is 1. The molecule has 0 saturated heterocycles. The predicted molar refractivity (Wildman–Crippen MR) is 147 cm³/mol. The van der Waals surface area contributed by atoms with E-state index in [1.165, 1.54) is 37.2 Å². The van der Waals surface area contributed by atoms with Gasteiger partial charge in [-0.1, -0.05) is 32.4 Å². The van der Waals surface area contributed by atoms with E-state index in [-0.39, 0.29) is 30.9 Å². The van der Waals surface area contributed by atoms with E-state index >= 15 is 0 Å². The average molecular weight is 569 g/mol. The Labute approximate surface area is 236 Å². The number of amides is 3. The Bertz CT molecular complexity index is 1280. The van der Waals surface area contributed by atoms with Gasteiger partial charge in [-0.3, -0.25) is 14.4 Å². The maximum absolute atomic E-state index is 13.5. The van der Waals surface area contributed by atoms with E-state index in [1.807, 2.05) is 13.8 Å². The van der Waals surface area contributed by atoms with Gasteiger partial charge in [0.15, 0.2) is 0 Å². The van der Waals surface area contributed by atoms with Gasteiger partial charge in [0, 0.05) is 43.0 Å². The number of nitrogens with zero attached hydrogens (tertiary/aromatic N) is 2. The number of aromatic nitrogens is 4. The second kappa shape index (κ2) is 14.6. The van der Waals surface area contributed by atoms with E-state index < -0.39 is 47.9 Å². The van der Waals surface area contributed by atoms with E-state index in [1.54, 1.807) is 12.1 Å². The fraction of sp³-hybridized carbons (Fsp3) is 0.407. The summed E-state index contributed by atoms with van der Waals surface area (Å²) in [6.07, 6.45) is 6.46. The third kappa shape index (κ3) is 9.17. The van der Waals surface area contributed by atoms with Crippen LogP contribution in [0.1, 0.15) is 37.2 Å². The number of carboxylic acids is 1. The topological polar surface area (TPSA) is 228 Å². The second-order valence-electron chi connectivity index (χ2n) is 9.87. The van der Waals surface area contributed by atoms with Gasteiger partial charge in [0.2, 0.25) is 17.7 Å².